The minimum atomic E-state index is -4.30. The lowest BCUT2D eigenvalue weighted by molar-refractivity contribution is -0.176. The fourth-order valence-electron chi connectivity index (χ4n) is 2.17. The van der Waals surface area contributed by atoms with E-state index in [0.717, 1.165) is 30.2 Å². The van der Waals surface area contributed by atoms with E-state index in [1.807, 2.05) is 22.7 Å². The summed E-state index contributed by atoms with van der Waals surface area (Å²) in [4.78, 5) is 6.42. The van der Waals surface area contributed by atoms with E-state index in [1.54, 1.807) is 18.2 Å². The van der Waals surface area contributed by atoms with Gasteiger partial charge in [0, 0.05) is 24.6 Å². The minimum absolute atomic E-state index is 0. The lowest BCUT2D eigenvalue weighted by atomic mass is 10.1. The fraction of sp³-hybridized carbons (Fsp3) is 0.533. The Kier molecular flexibility index (Phi) is 9.21. The van der Waals surface area contributed by atoms with Crippen molar-refractivity contribution in [3.63, 3.8) is 0 Å². The van der Waals surface area contributed by atoms with Gasteiger partial charge in [0.25, 0.3) is 0 Å². The number of nitrogens with zero attached hydrogens (tertiary/aromatic N) is 2. The number of alkyl halides is 3. The van der Waals surface area contributed by atoms with Gasteiger partial charge in [-0.15, -0.1) is 24.0 Å². The van der Waals surface area contributed by atoms with Gasteiger partial charge in [0.2, 0.25) is 0 Å². The molecule has 0 spiro atoms. The van der Waals surface area contributed by atoms with E-state index >= 15 is 0 Å². The molecule has 9 heteroatoms. The molecule has 1 aliphatic rings. The van der Waals surface area contributed by atoms with Crippen molar-refractivity contribution < 1.29 is 17.9 Å². The van der Waals surface area contributed by atoms with Crippen molar-refractivity contribution >= 4 is 41.7 Å². The summed E-state index contributed by atoms with van der Waals surface area (Å²) in [6.45, 7) is 0.879. The third-order valence-electron chi connectivity index (χ3n) is 3.28. The van der Waals surface area contributed by atoms with Crippen LogP contribution in [0.1, 0.15) is 11.1 Å². The first-order chi connectivity index (χ1) is 10.9. The fourth-order valence-corrected chi connectivity index (χ4v) is 3.07. The predicted octanol–water partition coefficient (Wildman–Crippen LogP) is 3.25. The number of guanidine groups is 1. The SMILES string of the molecule is I.NC(=NCc1cccc(COCC(F)(F)F)c1)N1CCSCC1. The lowest BCUT2D eigenvalue weighted by Gasteiger charge is -2.27. The molecule has 1 aromatic carbocycles. The molecule has 1 heterocycles. The van der Waals surface area contributed by atoms with Crippen molar-refractivity contribution in [2.75, 3.05) is 31.2 Å². The largest absolute Gasteiger partial charge is 0.411 e. The first kappa shape index (κ1) is 21.4. The van der Waals surface area contributed by atoms with Crippen LogP contribution in [0.15, 0.2) is 29.3 Å². The van der Waals surface area contributed by atoms with Gasteiger partial charge in [-0.05, 0) is 11.1 Å². The van der Waals surface area contributed by atoms with Crippen molar-refractivity contribution in [3.05, 3.63) is 35.4 Å². The number of hydrogen-bond donors (Lipinski definition) is 1. The van der Waals surface area contributed by atoms with Crippen molar-refractivity contribution in [2.24, 2.45) is 10.7 Å². The van der Waals surface area contributed by atoms with E-state index in [-0.39, 0.29) is 30.6 Å². The molecule has 0 saturated carbocycles. The van der Waals surface area contributed by atoms with Crippen LogP contribution in [0.25, 0.3) is 0 Å². The number of aliphatic imine (C=N–C) groups is 1. The second kappa shape index (κ2) is 10.3. The average molecular weight is 475 g/mol. The highest BCUT2D eigenvalue weighted by Crippen LogP contribution is 2.16. The van der Waals surface area contributed by atoms with Crippen LogP contribution in [-0.2, 0) is 17.9 Å². The first-order valence-electron chi connectivity index (χ1n) is 7.29. The monoisotopic (exact) mass is 475 g/mol. The molecule has 1 saturated heterocycles. The van der Waals surface area contributed by atoms with Crippen molar-refractivity contribution in [2.45, 2.75) is 19.3 Å². The zero-order valence-corrected chi connectivity index (χ0v) is 16.2. The zero-order valence-electron chi connectivity index (χ0n) is 13.1. The highest BCUT2D eigenvalue weighted by Gasteiger charge is 2.27. The summed E-state index contributed by atoms with van der Waals surface area (Å²) >= 11 is 1.90. The molecule has 0 aliphatic carbocycles. The molecular formula is C15H21F3IN3OS. The number of benzene rings is 1. The van der Waals surface area contributed by atoms with Crippen LogP contribution in [0.2, 0.25) is 0 Å². The third kappa shape index (κ3) is 7.93. The first-order valence-corrected chi connectivity index (χ1v) is 8.44. The highest BCUT2D eigenvalue weighted by atomic mass is 127. The molecule has 1 fully saturated rings. The van der Waals surface area contributed by atoms with E-state index in [1.165, 1.54) is 0 Å². The molecule has 2 N–H and O–H groups in total. The van der Waals surface area contributed by atoms with Crippen LogP contribution < -0.4 is 5.73 Å². The van der Waals surface area contributed by atoms with Gasteiger partial charge in [-0.2, -0.15) is 24.9 Å². The van der Waals surface area contributed by atoms with Crippen LogP contribution in [0.4, 0.5) is 13.2 Å². The second-order valence-electron chi connectivity index (χ2n) is 5.20. The molecule has 0 radical (unpaired) electrons. The van der Waals surface area contributed by atoms with Gasteiger partial charge in [0.05, 0.1) is 13.2 Å². The van der Waals surface area contributed by atoms with Crippen LogP contribution in [0.5, 0.6) is 0 Å². The van der Waals surface area contributed by atoms with E-state index in [2.05, 4.69) is 9.73 Å². The van der Waals surface area contributed by atoms with Crippen LogP contribution in [0, 0.1) is 0 Å². The Balaban J connectivity index is 0.00000288. The third-order valence-corrected chi connectivity index (χ3v) is 4.23. The summed E-state index contributed by atoms with van der Waals surface area (Å²) in [5.74, 6) is 2.61. The standard InChI is InChI=1S/C15H20F3N3OS.HI/c16-15(17,18)11-22-10-13-3-1-2-12(8-13)9-20-14(19)21-4-6-23-7-5-21;/h1-3,8H,4-7,9-11H2,(H2,19,20);1H. The van der Waals surface area contributed by atoms with Crippen LogP contribution >= 0.6 is 35.7 Å². The summed E-state index contributed by atoms with van der Waals surface area (Å²) in [6.07, 6.45) is -4.30. The smallest absolute Gasteiger partial charge is 0.370 e. The zero-order chi connectivity index (χ0) is 16.7. The summed E-state index contributed by atoms with van der Waals surface area (Å²) in [5.41, 5.74) is 7.56. The summed E-state index contributed by atoms with van der Waals surface area (Å²) in [6, 6.07) is 7.18. The normalized spacial score (nSPS) is 16.0. The molecule has 0 amide bonds. The molecule has 1 aromatic rings. The summed E-state index contributed by atoms with van der Waals surface area (Å²) < 4.78 is 40.8. The maximum atomic E-state index is 12.1. The van der Waals surface area contributed by atoms with Crippen LogP contribution in [-0.4, -0.2) is 48.2 Å². The number of thioether (sulfide) groups is 1. The highest BCUT2D eigenvalue weighted by molar-refractivity contribution is 14.0. The van der Waals surface area contributed by atoms with E-state index in [4.69, 9.17) is 5.73 Å². The molecule has 2 rings (SSSR count). The van der Waals surface area contributed by atoms with Gasteiger partial charge in [-0.1, -0.05) is 24.3 Å². The molecule has 1 aliphatic heterocycles. The van der Waals surface area contributed by atoms with Crippen LogP contribution in [0.3, 0.4) is 0 Å². The summed E-state index contributed by atoms with van der Waals surface area (Å²) in [5, 5.41) is 0. The Morgan fingerprint density at radius 2 is 1.92 bits per heavy atom. The molecule has 0 bridgehead atoms. The molecule has 24 heavy (non-hydrogen) atoms. The number of nitrogens with two attached hydrogens (primary N) is 1. The molecule has 0 unspecified atom stereocenters. The van der Waals surface area contributed by atoms with Gasteiger partial charge in [0.1, 0.15) is 6.61 Å². The summed E-state index contributed by atoms with van der Waals surface area (Å²) in [7, 11) is 0. The predicted molar refractivity (Wildman–Crippen MR) is 102 cm³/mol. The molecule has 136 valence electrons. The Hall–Kier alpha value is -0.680. The number of hydrogen-bond acceptors (Lipinski definition) is 3. The van der Waals surface area contributed by atoms with Crippen molar-refractivity contribution in [1.29, 1.82) is 0 Å². The Labute approximate surface area is 161 Å². The number of rotatable bonds is 5. The Morgan fingerprint density at radius 1 is 1.25 bits per heavy atom. The van der Waals surface area contributed by atoms with E-state index in [0.29, 0.717) is 18.1 Å². The lowest BCUT2D eigenvalue weighted by Crippen LogP contribution is -2.42. The quantitative estimate of drug-likeness (QED) is 0.404. The maximum absolute atomic E-state index is 12.1. The molecular weight excluding hydrogens is 454 g/mol. The van der Waals surface area contributed by atoms with Gasteiger partial charge < -0.3 is 15.4 Å². The van der Waals surface area contributed by atoms with E-state index < -0.39 is 12.8 Å². The van der Waals surface area contributed by atoms with Gasteiger partial charge in [0.15, 0.2) is 5.96 Å². The topological polar surface area (TPSA) is 50.9 Å². The number of halogens is 4. The van der Waals surface area contributed by atoms with Gasteiger partial charge in [-0.25, -0.2) is 4.99 Å². The minimum Gasteiger partial charge on any atom is -0.370 e. The molecule has 4 nitrogen and oxygen atoms in total. The van der Waals surface area contributed by atoms with Gasteiger partial charge in [-0.3, -0.25) is 0 Å². The average Bonchev–Trinajstić information content (AvgIpc) is 2.53. The maximum Gasteiger partial charge on any atom is 0.411 e. The van der Waals surface area contributed by atoms with E-state index in [9.17, 15) is 13.2 Å². The van der Waals surface area contributed by atoms with Crippen molar-refractivity contribution in [3.8, 4) is 0 Å². The number of ether oxygens (including phenoxy) is 1. The van der Waals surface area contributed by atoms with Crippen molar-refractivity contribution in [1.82, 2.24) is 4.90 Å². The Bertz CT molecular complexity index is 537. The second-order valence-corrected chi connectivity index (χ2v) is 6.43. The van der Waals surface area contributed by atoms with Gasteiger partial charge >= 0.3 is 6.18 Å². The molecule has 0 atom stereocenters. The molecule has 0 aromatic heterocycles. The Morgan fingerprint density at radius 3 is 2.58 bits per heavy atom.